The molecule has 0 spiro atoms. The number of carbonyl (C=O) groups is 1. The number of alkyl halides is 3. The number of hydrogen-bond donors (Lipinski definition) is 0. The van der Waals surface area contributed by atoms with Gasteiger partial charge in [0.1, 0.15) is 0 Å². The lowest BCUT2D eigenvalue weighted by Crippen LogP contribution is -2.45. The molecular weight excluding hydrogens is 469 g/mol. The quantitative estimate of drug-likeness (QED) is 0.468. The first-order valence-corrected chi connectivity index (χ1v) is 12.5. The smallest absolute Gasteiger partial charge is 0.403 e. The number of amides is 1. The lowest BCUT2D eigenvalue weighted by atomic mass is 9.88. The number of piperidine rings is 2. The third-order valence-electron chi connectivity index (χ3n) is 7.28. The van der Waals surface area contributed by atoms with Crippen LogP contribution in [0.1, 0.15) is 36.8 Å². The Labute approximate surface area is 208 Å². The topological polar surface area (TPSA) is 62.5 Å². The van der Waals surface area contributed by atoms with Gasteiger partial charge in [0.05, 0.1) is 5.56 Å². The van der Waals surface area contributed by atoms with Crippen molar-refractivity contribution in [2.75, 3.05) is 31.1 Å². The van der Waals surface area contributed by atoms with Crippen molar-refractivity contribution in [1.82, 2.24) is 15.1 Å². The molecule has 190 valence electrons. The van der Waals surface area contributed by atoms with E-state index < -0.39 is 11.7 Å². The molecule has 1 aromatic heterocycles. The summed E-state index contributed by atoms with van der Waals surface area (Å²) in [6, 6.07) is 15.5. The van der Waals surface area contributed by atoms with Crippen LogP contribution in [0.15, 0.2) is 59.0 Å². The molecule has 6 nitrogen and oxygen atoms in total. The van der Waals surface area contributed by atoms with E-state index in [9.17, 15) is 18.0 Å². The zero-order valence-electron chi connectivity index (χ0n) is 20.0. The van der Waals surface area contributed by atoms with Gasteiger partial charge in [-0.15, -0.1) is 5.10 Å². The molecule has 0 atom stereocenters. The Morgan fingerprint density at radius 2 is 1.56 bits per heavy atom. The standard InChI is InChI=1S/C27H29F3N4O2/c28-27(29,30)23-8-6-21(7-9-23)24-31-32-26(36-24)34-16-12-22(13-17-34)25(35)33-14-10-20(11-15-33)18-19-4-2-1-3-5-19/h1-9,20,22H,10-18H2. The summed E-state index contributed by atoms with van der Waals surface area (Å²) in [5.41, 5.74) is 1.07. The van der Waals surface area contributed by atoms with E-state index in [0.717, 1.165) is 44.5 Å². The van der Waals surface area contributed by atoms with Crippen molar-refractivity contribution in [3.8, 4) is 11.5 Å². The van der Waals surface area contributed by atoms with Crippen LogP contribution in [-0.4, -0.2) is 47.2 Å². The summed E-state index contributed by atoms with van der Waals surface area (Å²) in [5.74, 6) is 1.03. The molecule has 0 radical (unpaired) electrons. The number of nitrogens with zero attached hydrogens (tertiary/aromatic N) is 4. The van der Waals surface area contributed by atoms with Crippen LogP contribution in [0, 0.1) is 11.8 Å². The number of benzene rings is 2. The highest BCUT2D eigenvalue weighted by molar-refractivity contribution is 5.79. The first kappa shape index (κ1) is 24.3. The van der Waals surface area contributed by atoms with Crippen LogP contribution >= 0.6 is 0 Å². The second kappa shape index (κ2) is 10.3. The molecule has 2 saturated heterocycles. The fourth-order valence-electron chi connectivity index (χ4n) is 5.14. The monoisotopic (exact) mass is 498 g/mol. The van der Waals surface area contributed by atoms with E-state index in [0.29, 0.717) is 43.4 Å². The molecule has 5 rings (SSSR count). The number of carbonyl (C=O) groups excluding carboxylic acids is 1. The van der Waals surface area contributed by atoms with Gasteiger partial charge in [-0.25, -0.2) is 0 Å². The number of hydrogen-bond acceptors (Lipinski definition) is 5. The second-order valence-electron chi connectivity index (χ2n) is 9.68. The summed E-state index contributed by atoms with van der Waals surface area (Å²) in [7, 11) is 0. The van der Waals surface area contributed by atoms with Gasteiger partial charge in [-0.3, -0.25) is 4.79 Å². The summed E-state index contributed by atoms with van der Waals surface area (Å²) >= 11 is 0. The predicted molar refractivity (Wildman–Crippen MR) is 129 cm³/mol. The fourth-order valence-corrected chi connectivity index (χ4v) is 5.14. The minimum absolute atomic E-state index is 0.00997. The Kier molecular flexibility index (Phi) is 6.98. The zero-order chi connectivity index (χ0) is 25.1. The van der Waals surface area contributed by atoms with Gasteiger partial charge in [0.2, 0.25) is 11.8 Å². The maximum Gasteiger partial charge on any atom is 0.416 e. The van der Waals surface area contributed by atoms with E-state index in [1.165, 1.54) is 17.7 Å². The molecule has 2 aromatic carbocycles. The molecular formula is C27H29F3N4O2. The van der Waals surface area contributed by atoms with Gasteiger partial charge in [-0.2, -0.15) is 13.2 Å². The number of anilines is 1. The highest BCUT2D eigenvalue weighted by atomic mass is 19.4. The van der Waals surface area contributed by atoms with Crippen LogP contribution in [-0.2, 0) is 17.4 Å². The molecule has 2 aliphatic heterocycles. The van der Waals surface area contributed by atoms with E-state index in [1.54, 1.807) is 0 Å². The molecule has 9 heteroatoms. The van der Waals surface area contributed by atoms with E-state index in [2.05, 4.69) is 34.5 Å². The van der Waals surface area contributed by atoms with Crippen molar-refractivity contribution in [1.29, 1.82) is 0 Å². The third-order valence-corrected chi connectivity index (χ3v) is 7.28. The average molecular weight is 499 g/mol. The minimum Gasteiger partial charge on any atom is -0.403 e. The largest absolute Gasteiger partial charge is 0.416 e. The van der Waals surface area contributed by atoms with Crippen molar-refractivity contribution in [3.05, 3.63) is 65.7 Å². The van der Waals surface area contributed by atoms with Crippen molar-refractivity contribution >= 4 is 11.9 Å². The molecule has 0 aliphatic carbocycles. The first-order chi connectivity index (χ1) is 17.4. The van der Waals surface area contributed by atoms with Crippen molar-refractivity contribution < 1.29 is 22.4 Å². The molecule has 3 heterocycles. The van der Waals surface area contributed by atoms with Crippen molar-refractivity contribution in [2.45, 2.75) is 38.3 Å². The van der Waals surface area contributed by atoms with Crippen LogP contribution < -0.4 is 4.90 Å². The Balaban J connectivity index is 1.11. The molecule has 2 aliphatic rings. The van der Waals surface area contributed by atoms with Gasteiger partial charge in [0.25, 0.3) is 0 Å². The Morgan fingerprint density at radius 3 is 2.19 bits per heavy atom. The maximum atomic E-state index is 13.1. The number of halogens is 3. The van der Waals surface area contributed by atoms with Gasteiger partial charge >= 0.3 is 12.2 Å². The molecule has 0 unspecified atom stereocenters. The number of likely N-dealkylation sites (tertiary alicyclic amines) is 1. The third kappa shape index (κ3) is 5.55. The highest BCUT2D eigenvalue weighted by Crippen LogP contribution is 2.32. The maximum absolute atomic E-state index is 13.1. The number of aromatic nitrogens is 2. The summed E-state index contributed by atoms with van der Waals surface area (Å²) in [5, 5.41) is 8.08. The molecule has 3 aromatic rings. The Morgan fingerprint density at radius 1 is 0.889 bits per heavy atom. The molecule has 2 fully saturated rings. The van der Waals surface area contributed by atoms with Crippen LogP contribution in [0.4, 0.5) is 19.2 Å². The Hall–Kier alpha value is -3.36. The zero-order valence-corrected chi connectivity index (χ0v) is 20.0. The van der Waals surface area contributed by atoms with Gasteiger partial charge in [-0.05, 0) is 67.9 Å². The summed E-state index contributed by atoms with van der Waals surface area (Å²) in [4.78, 5) is 17.1. The van der Waals surface area contributed by atoms with E-state index >= 15 is 0 Å². The van der Waals surface area contributed by atoms with Crippen LogP contribution in [0.2, 0.25) is 0 Å². The summed E-state index contributed by atoms with van der Waals surface area (Å²) in [6.07, 6.45) is 0.169. The second-order valence-corrected chi connectivity index (χ2v) is 9.68. The lowest BCUT2D eigenvalue weighted by Gasteiger charge is -2.37. The molecule has 36 heavy (non-hydrogen) atoms. The number of rotatable bonds is 5. The first-order valence-electron chi connectivity index (χ1n) is 12.5. The van der Waals surface area contributed by atoms with E-state index in [4.69, 9.17) is 4.42 Å². The summed E-state index contributed by atoms with van der Waals surface area (Å²) in [6.45, 7) is 2.87. The van der Waals surface area contributed by atoms with Crippen LogP contribution in [0.25, 0.3) is 11.5 Å². The van der Waals surface area contributed by atoms with Gasteiger partial charge in [0, 0.05) is 37.7 Å². The minimum atomic E-state index is -4.39. The lowest BCUT2D eigenvalue weighted by molar-refractivity contribution is -0.138. The normalized spacial score (nSPS) is 18.0. The Bertz CT molecular complexity index is 1150. The van der Waals surface area contributed by atoms with Crippen LogP contribution in [0.5, 0.6) is 0 Å². The predicted octanol–water partition coefficient (Wildman–Crippen LogP) is 5.45. The molecule has 0 N–H and O–H groups in total. The molecule has 0 bridgehead atoms. The van der Waals surface area contributed by atoms with Gasteiger partial charge in [-0.1, -0.05) is 35.4 Å². The fraction of sp³-hybridized carbons (Fsp3) is 0.444. The van der Waals surface area contributed by atoms with E-state index in [-0.39, 0.29) is 17.7 Å². The highest BCUT2D eigenvalue weighted by Gasteiger charge is 2.33. The van der Waals surface area contributed by atoms with Gasteiger partial charge in [0.15, 0.2) is 0 Å². The van der Waals surface area contributed by atoms with Crippen LogP contribution in [0.3, 0.4) is 0 Å². The molecule has 0 saturated carbocycles. The van der Waals surface area contributed by atoms with Gasteiger partial charge < -0.3 is 14.2 Å². The summed E-state index contributed by atoms with van der Waals surface area (Å²) < 4.78 is 44.1. The SMILES string of the molecule is O=C(C1CCN(c2nnc(-c3ccc(C(F)(F)F)cc3)o2)CC1)N1CCC(Cc2ccccc2)CC1. The van der Waals surface area contributed by atoms with E-state index in [1.807, 2.05) is 15.9 Å². The molecule has 1 amide bonds. The van der Waals surface area contributed by atoms with Crippen molar-refractivity contribution in [3.63, 3.8) is 0 Å². The average Bonchev–Trinajstić information content (AvgIpc) is 3.40. The van der Waals surface area contributed by atoms with Crippen molar-refractivity contribution in [2.24, 2.45) is 11.8 Å².